The molecule has 1 saturated carbocycles. The molecule has 1 aliphatic rings. The zero-order valence-electron chi connectivity index (χ0n) is 6.14. The molecule has 0 unspecified atom stereocenters. The quantitative estimate of drug-likeness (QED) is 0.434. The molecule has 0 atom stereocenters. The van der Waals surface area contributed by atoms with Crippen molar-refractivity contribution in [1.82, 2.24) is 0 Å². The van der Waals surface area contributed by atoms with Crippen LogP contribution in [0.25, 0.3) is 0 Å². The summed E-state index contributed by atoms with van der Waals surface area (Å²) >= 11 is 0. The van der Waals surface area contributed by atoms with Crippen LogP contribution in [0.3, 0.4) is 0 Å². The number of carbonyl (C=O) groups is 1. The second-order valence-corrected chi connectivity index (χ2v) is 2.67. The third-order valence-electron chi connectivity index (χ3n) is 1.88. The smallest absolute Gasteiger partial charge is 0.293 e. The van der Waals surface area contributed by atoms with Crippen molar-refractivity contribution in [3.8, 4) is 0 Å². The van der Waals surface area contributed by atoms with Crippen molar-refractivity contribution < 1.29 is 9.53 Å². The van der Waals surface area contributed by atoms with Crippen molar-refractivity contribution in [2.45, 2.75) is 38.5 Å². The van der Waals surface area contributed by atoms with E-state index in [0.717, 1.165) is 18.9 Å². The fraction of sp³-hybridized carbons (Fsp3) is 0.750. The van der Waals surface area contributed by atoms with Crippen LogP contribution < -0.4 is 0 Å². The Morgan fingerprint density at radius 2 is 1.70 bits per heavy atom. The lowest BCUT2D eigenvalue weighted by Crippen LogP contribution is -1.99. The molecule has 0 saturated heterocycles. The molecule has 1 aliphatic carbocycles. The van der Waals surface area contributed by atoms with E-state index in [9.17, 15) is 4.79 Å². The van der Waals surface area contributed by atoms with Crippen LogP contribution in [0.1, 0.15) is 38.5 Å². The van der Waals surface area contributed by atoms with Gasteiger partial charge in [0.25, 0.3) is 6.47 Å². The van der Waals surface area contributed by atoms with E-state index in [0.29, 0.717) is 6.47 Å². The molecule has 0 aromatic carbocycles. The average molecular weight is 141 g/mol. The van der Waals surface area contributed by atoms with Crippen molar-refractivity contribution in [3.05, 3.63) is 6.10 Å². The van der Waals surface area contributed by atoms with Gasteiger partial charge in [0.2, 0.25) is 0 Å². The van der Waals surface area contributed by atoms with Crippen LogP contribution >= 0.6 is 0 Å². The first-order chi connectivity index (χ1) is 4.93. The summed E-state index contributed by atoms with van der Waals surface area (Å²) in [4.78, 5) is 9.94. The Kier molecular flexibility index (Phi) is 3.27. The summed E-state index contributed by atoms with van der Waals surface area (Å²) in [5.41, 5.74) is 0. The van der Waals surface area contributed by atoms with Gasteiger partial charge in [0.05, 0.1) is 0 Å². The highest BCUT2D eigenvalue weighted by molar-refractivity contribution is 5.38. The monoisotopic (exact) mass is 141 g/mol. The number of rotatable bonds is 2. The molecular formula is C8H13O2. The molecule has 0 bridgehead atoms. The molecule has 0 aromatic heterocycles. The summed E-state index contributed by atoms with van der Waals surface area (Å²) in [7, 11) is 0. The summed E-state index contributed by atoms with van der Waals surface area (Å²) in [5, 5.41) is 0. The Morgan fingerprint density at radius 3 is 2.20 bits per heavy atom. The average Bonchev–Trinajstić information content (AvgIpc) is 2.17. The third-order valence-corrected chi connectivity index (χ3v) is 1.88. The van der Waals surface area contributed by atoms with Crippen LogP contribution in [0.2, 0.25) is 0 Å². The Labute approximate surface area is 61.6 Å². The SMILES string of the molecule is O=CO[C]1CCCCCC1. The predicted molar refractivity (Wildman–Crippen MR) is 38.1 cm³/mol. The van der Waals surface area contributed by atoms with Crippen LogP contribution in [-0.2, 0) is 9.53 Å². The molecule has 0 aliphatic heterocycles. The van der Waals surface area contributed by atoms with E-state index in [1.165, 1.54) is 25.7 Å². The maximum Gasteiger partial charge on any atom is 0.293 e. The van der Waals surface area contributed by atoms with Crippen LogP contribution in [0, 0.1) is 6.10 Å². The molecule has 0 aromatic rings. The highest BCUT2D eigenvalue weighted by atomic mass is 16.5. The van der Waals surface area contributed by atoms with E-state index in [-0.39, 0.29) is 0 Å². The molecule has 0 N–H and O–H groups in total. The first-order valence-corrected chi connectivity index (χ1v) is 3.88. The van der Waals surface area contributed by atoms with Crippen molar-refractivity contribution in [2.24, 2.45) is 0 Å². The first-order valence-electron chi connectivity index (χ1n) is 3.88. The highest BCUT2D eigenvalue weighted by Gasteiger charge is 2.13. The largest absolute Gasteiger partial charge is 0.457 e. The van der Waals surface area contributed by atoms with E-state index in [1.807, 2.05) is 0 Å². The van der Waals surface area contributed by atoms with Crippen molar-refractivity contribution in [1.29, 1.82) is 0 Å². The van der Waals surface area contributed by atoms with E-state index >= 15 is 0 Å². The van der Waals surface area contributed by atoms with Gasteiger partial charge in [0.15, 0.2) is 6.10 Å². The molecule has 10 heavy (non-hydrogen) atoms. The van der Waals surface area contributed by atoms with Gasteiger partial charge in [0.1, 0.15) is 0 Å². The van der Waals surface area contributed by atoms with Gasteiger partial charge in [-0.1, -0.05) is 12.8 Å². The van der Waals surface area contributed by atoms with Crippen LogP contribution in [-0.4, -0.2) is 6.47 Å². The molecule has 57 valence electrons. The maximum absolute atomic E-state index is 9.94. The lowest BCUT2D eigenvalue weighted by Gasteiger charge is -2.08. The Hall–Kier alpha value is -0.530. The molecule has 0 heterocycles. The normalized spacial score (nSPS) is 21.6. The van der Waals surface area contributed by atoms with Crippen molar-refractivity contribution in [2.75, 3.05) is 0 Å². The maximum atomic E-state index is 9.94. The van der Waals surface area contributed by atoms with Gasteiger partial charge in [-0.2, -0.15) is 0 Å². The third kappa shape index (κ3) is 2.38. The number of carbonyl (C=O) groups excluding carboxylic acids is 1. The topological polar surface area (TPSA) is 26.3 Å². The fourth-order valence-electron chi connectivity index (χ4n) is 1.31. The van der Waals surface area contributed by atoms with Gasteiger partial charge in [-0.15, -0.1) is 0 Å². The van der Waals surface area contributed by atoms with Gasteiger partial charge in [-0.05, 0) is 25.7 Å². The van der Waals surface area contributed by atoms with Crippen molar-refractivity contribution >= 4 is 6.47 Å². The van der Waals surface area contributed by atoms with E-state index in [1.54, 1.807) is 0 Å². The molecule has 0 spiro atoms. The standard InChI is InChI=1S/C8H13O2/c9-7-10-8-5-3-1-2-4-6-8/h7H,1-6H2. The van der Waals surface area contributed by atoms with E-state index in [2.05, 4.69) is 0 Å². The minimum Gasteiger partial charge on any atom is -0.457 e. The lowest BCUT2D eigenvalue weighted by atomic mass is 10.2. The van der Waals surface area contributed by atoms with Gasteiger partial charge in [-0.25, -0.2) is 0 Å². The van der Waals surface area contributed by atoms with Crippen LogP contribution in [0.15, 0.2) is 0 Å². The zero-order valence-corrected chi connectivity index (χ0v) is 6.14. The molecule has 1 fully saturated rings. The summed E-state index contributed by atoms with van der Waals surface area (Å²) in [6, 6.07) is 0. The Morgan fingerprint density at radius 1 is 1.10 bits per heavy atom. The summed E-state index contributed by atoms with van der Waals surface area (Å²) in [5.74, 6) is 0. The molecule has 1 radical (unpaired) electrons. The molecule has 2 nitrogen and oxygen atoms in total. The predicted octanol–water partition coefficient (Wildman–Crippen LogP) is 2.05. The van der Waals surface area contributed by atoms with Crippen LogP contribution in [0.5, 0.6) is 0 Å². The first kappa shape index (κ1) is 7.58. The fourth-order valence-corrected chi connectivity index (χ4v) is 1.31. The van der Waals surface area contributed by atoms with Gasteiger partial charge in [0, 0.05) is 0 Å². The second-order valence-electron chi connectivity index (χ2n) is 2.67. The van der Waals surface area contributed by atoms with Crippen molar-refractivity contribution in [3.63, 3.8) is 0 Å². The molecule has 1 rings (SSSR count). The lowest BCUT2D eigenvalue weighted by molar-refractivity contribution is -0.128. The summed E-state index contributed by atoms with van der Waals surface area (Å²) in [6.07, 6.45) is 7.88. The second kappa shape index (κ2) is 4.31. The van der Waals surface area contributed by atoms with E-state index < -0.39 is 0 Å². The number of hydrogen-bond acceptors (Lipinski definition) is 2. The van der Waals surface area contributed by atoms with Gasteiger partial charge in [-0.3, -0.25) is 4.79 Å². The Balaban J connectivity index is 2.21. The number of hydrogen-bond donors (Lipinski definition) is 0. The highest BCUT2D eigenvalue weighted by Crippen LogP contribution is 2.24. The molecular weight excluding hydrogens is 128 g/mol. The summed E-state index contributed by atoms with van der Waals surface area (Å²) in [6.45, 7) is 0.542. The number of ether oxygens (including phenoxy) is 1. The molecule has 2 heteroatoms. The van der Waals surface area contributed by atoms with Crippen LogP contribution in [0.4, 0.5) is 0 Å². The minimum absolute atomic E-state index is 0.542. The van der Waals surface area contributed by atoms with Gasteiger partial charge < -0.3 is 4.74 Å². The summed E-state index contributed by atoms with van der Waals surface area (Å²) < 4.78 is 4.80. The Bertz CT molecular complexity index is 93.4. The minimum atomic E-state index is 0.542. The zero-order chi connectivity index (χ0) is 7.23. The molecule has 0 amide bonds. The van der Waals surface area contributed by atoms with Gasteiger partial charge >= 0.3 is 0 Å². The van der Waals surface area contributed by atoms with E-state index in [4.69, 9.17) is 4.74 Å².